The Morgan fingerprint density at radius 2 is 1.47 bits per heavy atom. The molecule has 2 aliphatic rings. The van der Waals surface area contributed by atoms with E-state index in [1.807, 2.05) is 48.5 Å². The first kappa shape index (κ1) is 26.7. The largest absolute Gasteiger partial charge is 0.322 e. The van der Waals surface area contributed by atoms with Crippen LogP contribution in [0.15, 0.2) is 78.9 Å². The third kappa shape index (κ3) is 7.16. The van der Waals surface area contributed by atoms with E-state index in [9.17, 15) is 4.79 Å². The normalized spacial score (nSPS) is 17.0. The third-order valence-electron chi connectivity index (χ3n) is 8.00. The summed E-state index contributed by atoms with van der Waals surface area (Å²) in [5.41, 5.74) is 4.36. The molecule has 2 fully saturated rings. The van der Waals surface area contributed by atoms with Crippen molar-refractivity contribution in [1.82, 2.24) is 14.7 Å². The molecule has 5 nitrogen and oxygen atoms in total. The van der Waals surface area contributed by atoms with Crippen LogP contribution in [0.2, 0.25) is 5.02 Å². The maximum absolute atomic E-state index is 13.8. The van der Waals surface area contributed by atoms with Crippen LogP contribution in [0.25, 0.3) is 11.1 Å². The molecule has 3 aromatic carbocycles. The molecule has 0 aromatic heterocycles. The average Bonchev–Trinajstić information content (AvgIpc) is 3.48. The van der Waals surface area contributed by atoms with E-state index in [2.05, 4.69) is 50.3 Å². The second-order valence-corrected chi connectivity index (χ2v) is 11.0. The van der Waals surface area contributed by atoms with Gasteiger partial charge in [-0.25, -0.2) is 4.79 Å². The predicted octanol–water partition coefficient (Wildman–Crippen LogP) is 6.64. The van der Waals surface area contributed by atoms with Gasteiger partial charge in [-0.15, -0.1) is 0 Å². The van der Waals surface area contributed by atoms with Crippen LogP contribution in [-0.2, 0) is 6.42 Å². The lowest BCUT2D eigenvalue weighted by Crippen LogP contribution is -2.51. The molecule has 2 saturated heterocycles. The summed E-state index contributed by atoms with van der Waals surface area (Å²) in [4.78, 5) is 20.9. The molecular weight excluding hydrogens is 492 g/mol. The molecule has 0 atom stereocenters. The van der Waals surface area contributed by atoms with Crippen LogP contribution < -0.4 is 5.32 Å². The van der Waals surface area contributed by atoms with Crippen molar-refractivity contribution in [2.24, 2.45) is 0 Å². The molecule has 2 heterocycles. The van der Waals surface area contributed by atoms with E-state index < -0.39 is 0 Å². The highest BCUT2D eigenvalue weighted by atomic mass is 35.5. The molecule has 0 radical (unpaired) electrons. The Labute approximate surface area is 232 Å². The number of hydrogen-bond donors (Lipinski definition) is 1. The zero-order valence-electron chi connectivity index (χ0n) is 22.2. The van der Waals surface area contributed by atoms with E-state index in [4.69, 9.17) is 11.6 Å². The minimum absolute atomic E-state index is 0.0205. The summed E-state index contributed by atoms with van der Waals surface area (Å²) in [7, 11) is 0. The molecule has 6 heteroatoms. The van der Waals surface area contributed by atoms with E-state index >= 15 is 0 Å². The fourth-order valence-electron chi connectivity index (χ4n) is 5.75. The first-order chi connectivity index (χ1) is 18.7. The summed E-state index contributed by atoms with van der Waals surface area (Å²) in [5, 5.41) is 4.07. The summed E-state index contributed by atoms with van der Waals surface area (Å²) >= 11 is 6.04. The van der Waals surface area contributed by atoms with Crippen molar-refractivity contribution in [1.29, 1.82) is 0 Å². The summed E-state index contributed by atoms with van der Waals surface area (Å²) in [5.74, 6) is 0. The second-order valence-electron chi connectivity index (χ2n) is 10.5. The number of urea groups is 1. The van der Waals surface area contributed by atoms with E-state index in [0.29, 0.717) is 0 Å². The third-order valence-corrected chi connectivity index (χ3v) is 8.25. The van der Waals surface area contributed by atoms with Gasteiger partial charge in [0.2, 0.25) is 0 Å². The number of carbonyl (C=O) groups is 1. The van der Waals surface area contributed by atoms with Crippen molar-refractivity contribution in [2.75, 3.05) is 51.1 Å². The fourth-order valence-corrected chi connectivity index (χ4v) is 5.87. The van der Waals surface area contributed by atoms with Crippen molar-refractivity contribution < 1.29 is 4.79 Å². The minimum Gasteiger partial charge on any atom is -0.320 e. The molecule has 200 valence electrons. The van der Waals surface area contributed by atoms with Gasteiger partial charge >= 0.3 is 6.03 Å². The standard InChI is InChI=1S/C32H39ClN4O/c33-28-14-12-26(13-15-28)16-21-36-22-17-29(18-23-36)37(25-24-35-19-6-7-20-35)32(38)34-31-11-5-4-10-30(31)27-8-2-1-3-9-27/h1-5,8-15,29H,6-7,16-25H2,(H,34,38). The maximum atomic E-state index is 13.8. The molecule has 38 heavy (non-hydrogen) atoms. The monoisotopic (exact) mass is 530 g/mol. The van der Waals surface area contributed by atoms with Gasteiger partial charge in [0, 0.05) is 49.4 Å². The Morgan fingerprint density at radius 3 is 2.21 bits per heavy atom. The lowest BCUT2D eigenvalue weighted by atomic mass is 10.0. The van der Waals surface area contributed by atoms with Crippen LogP contribution in [-0.4, -0.2) is 72.6 Å². The minimum atomic E-state index is 0.0205. The Bertz CT molecular complexity index is 1160. The van der Waals surface area contributed by atoms with Crippen LogP contribution >= 0.6 is 11.6 Å². The number of para-hydroxylation sites is 1. The van der Waals surface area contributed by atoms with Crippen molar-refractivity contribution in [3.05, 3.63) is 89.4 Å². The van der Waals surface area contributed by atoms with Gasteiger partial charge in [-0.05, 0) is 74.5 Å². The van der Waals surface area contributed by atoms with Crippen molar-refractivity contribution in [3.8, 4) is 11.1 Å². The smallest absolute Gasteiger partial charge is 0.320 e. The van der Waals surface area contributed by atoms with Crippen molar-refractivity contribution in [2.45, 2.75) is 38.1 Å². The van der Waals surface area contributed by atoms with E-state index in [-0.39, 0.29) is 12.1 Å². The molecule has 0 unspecified atom stereocenters. The van der Waals surface area contributed by atoms with Gasteiger partial charge in [-0.3, -0.25) is 0 Å². The SMILES string of the molecule is O=C(Nc1ccccc1-c1ccccc1)N(CCN1CCCC1)C1CCN(CCc2ccc(Cl)cc2)CC1. The summed E-state index contributed by atoms with van der Waals surface area (Å²) in [6.07, 6.45) is 5.57. The number of anilines is 1. The number of nitrogens with one attached hydrogen (secondary N) is 1. The summed E-state index contributed by atoms with van der Waals surface area (Å²) < 4.78 is 0. The van der Waals surface area contributed by atoms with E-state index in [1.165, 1.54) is 18.4 Å². The molecule has 3 aromatic rings. The zero-order chi connectivity index (χ0) is 26.2. The van der Waals surface area contributed by atoms with Gasteiger partial charge in [0.25, 0.3) is 0 Å². The van der Waals surface area contributed by atoms with E-state index in [0.717, 1.165) is 86.9 Å². The molecule has 0 aliphatic carbocycles. The van der Waals surface area contributed by atoms with Crippen LogP contribution in [0, 0.1) is 0 Å². The van der Waals surface area contributed by atoms with Crippen LogP contribution in [0.4, 0.5) is 10.5 Å². The maximum Gasteiger partial charge on any atom is 0.322 e. The molecule has 0 bridgehead atoms. The number of rotatable bonds is 9. The number of amides is 2. The number of benzene rings is 3. The Hall–Kier alpha value is -2.86. The number of carbonyl (C=O) groups excluding carboxylic acids is 1. The Kier molecular flexibility index (Phi) is 9.34. The predicted molar refractivity (Wildman–Crippen MR) is 158 cm³/mol. The molecule has 2 amide bonds. The number of nitrogens with zero attached hydrogens (tertiary/aromatic N) is 3. The number of halogens is 1. The molecule has 5 rings (SSSR count). The summed E-state index contributed by atoms with van der Waals surface area (Å²) in [6, 6.07) is 26.9. The van der Waals surface area contributed by atoms with Gasteiger partial charge in [0.15, 0.2) is 0 Å². The van der Waals surface area contributed by atoms with Gasteiger partial charge in [-0.1, -0.05) is 72.3 Å². The first-order valence-corrected chi connectivity index (χ1v) is 14.4. The Balaban J connectivity index is 1.23. The number of hydrogen-bond acceptors (Lipinski definition) is 3. The van der Waals surface area contributed by atoms with Crippen molar-refractivity contribution >= 4 is 23.3 Å². The lowest BCUT2D eigenvalue weighted by molar-refractivity contribution is 0.120. The quantitative estimate of drug-likeness (QED) is 0.337. The van der Waals surface area contributed by atoms with Crippen LogP contribution in [0.5, 0.6) is 0 Å². The highest BCUT2D eigenvalue weighted by molar-refractivity contribution is 6.30. The second kappa shape index (κ2) is 13.3. The average molecular weight is 531 g/mol. The van der Waals surface area contributed by atoms with Gasteiger partial charge in [0.1, 0.15) is 0 Å². The molecule has 0 spiro atoms. The van der Waals surface area contributed by atoms with Crippen LogP contribution in [0.3, 0.4) is 0 Å². The highest BCUT2D eigenvalue weighted by Gasteiger charge is 2.29. The fraction of sp³-hybridized carbons (Fsp3) is 0.406. The van der Waals surface area contributed by atoms with E-state index in [1.54, 1.807) is 0 Å². The van der Waals surface area contributed by atoms with Crippen LogP contribution in [0.1, 0.15) is 31.2 Å². The van der Waals surface area contributed by atoms with Crippen molar-refractivity contribution in [3.63, 3.8) is 0 Å². The topological polar surface area (TPSA) is 38.8 Å². The van der Waals surface area contributed by atoms with Gasteiger partial charge in [-0.2, -0.15) is 0 Å². The molecular formula is C32H39ClN4O. The van der Waals surface area contributed by atoms with Gasteiger partial charge in [0.05, 0.1) is 5.69 Å². The molecule has 0 saturated carbocycles. The summed E-state index contributed by atoms with van der Waals surface area (Å²) in [6.45, 7) is 7.10. The highest BCUT2D eigenvalue weighted by Crippen LogP contribution is 2.28. The first-order valence-electron chi connectivity index (χ1n) is 14.1. The lowest BCUT2D eigenvalue weighted by Gasteiger charge is -2.39. The molecule has 1 N–H and O–H groups in total. The van der Waals surface area contributed by atoms with Gasteiger partial charge < -0.3 is 20.0 Å². The number of piperidine rings is 1. The number of likely N-dealkylation sites (tertiary alicyclic amines) is 2. The zero-order valence-corrected chi connectivity index (χ0v) is 23.0. The molecule has 2 aliphatic heterocycles. The Morgan fingerprint density at radius 1 is 0.816 bits per heavy atom.